The van der Waals surface area contributed by atoms with Crippen molar-refractivity contribution in [1.82, 2.24) is 5.32 Å². The third-order valence-electron chi connectivity index (χ3n) is 2.04. The SMILES string of the molecule is CCC(C)NC(N)(O)COCCOCCO. The molecule has 2 unspecified atom stereocenters. The lowest BCUT2D eigenvalue weighted by Crippen LogP contribution is -2.59. The van der Waals surface area contributed by atoms with Crippen LogP contribution in [0.3, 0.4) is 0 Å². The summed E-state index contributed by atoms with van der Waals surface area (Å²) < 4.78 is 10.1. The Morgan fingerprint density at radius 1 is 1.31 bits per heavy atom. The van der Waals surface area contributed by atoms with Crippen molar-refractivity contribution in [2.75, 3.05) is 33.0 Å². The molecule has 0 aromatic rings. The lowest BCUT2D eigenvalue weighted by molar-refractivity contribution is -0.0808. The van der Waals surface area contributed by atoms with E-state index in [1.807, 2.05) is 13.8 Å². The highest BCUT2D eigenvalue weighted by Crippen LogP contribution is 1.97. The van der Waals surface area contributed by atoms with Crippen molar-refractivity contribution in [3.63, 3.8) is 0 Å². The van der Waals surface area contributed by atoms with E-state index in [9.17, 15) is 5.11 Å². The Balaban J connectivity index is 3.50. The van der Waals surface area contributed by atoms with Crippen LogP contribution in [-0.4, -0.2) is 55.1 Å². The molecule has 0 fully saturated rings. The van der Waals surface area contributed by atoms with Gasteiger partial charge in [-0.1, -0.05) is 6.92 Å². The molecule has 0 radical (unpaired) electrons. The summed E-state index contributed by atoms with van der Waals surface area (Å²) in [5.41, 5.74) is 5.57. The molecule has 16 heavy (non-hydrogen) atoms. The van der Waals surface area contributed by atoms with Crippen LogP contribution in [-0.2, 0) is 9.47 Å². The quantitative estimate of drug-likeness (QED) is 0.287. The van der Waals surface area contributed by atoms with Gasteiger partial charge in [0, 0.05) is 6.04 Å². The number of nitrogens with two attached hydrogens (primary N) is 1. The predicted molar refractivity (Wildman–Crippen MR) is 60.7 cm³/mol. The van der Waals surface area contributed by atoms with Crippen molar-refractivity contribution >= 4 is 0 Å². The van der Waals surface area contributed by atoms with Crippen LogP contribution < -0.4 is 11.1 Å². The first-order valence-corrected chi connectivity index (χ1v) is 5.57. The first kappa shape index (κ1) is 15.8. The lowest BCUT2D eigenvalue weighted by Gasteiger charge is -2.27. The zero-order valence-corrected chi connectivity index (χ0v) is 10.1. The summed E-state index contributed by atoms with van der Waals surface area (Å²) in [6.07, 6.45) is 0.874. The Labute approximate surface area is 96.7 Å². The zero-order chi connectivity index (χ0) is 12.4. The third-order valence-corrected chi connectivity index (χ3v) is 2.04. The minimum absolute atomic E-state index is 0.000174. The van der Waals surface area contributed by atoms with Crippen LogP contribution in [0.15, 0.2) is 0 Å². The van der Waals surface area contributed by atoms with Crippen LogP contribution in [0, 0.1) is 0 Å². The molecule has 0 saturated heterocycles. The fourth-order valence-electron chi connectivity index (χ4n) is 1.08. The highest BCUT2D eigenvalue weighted by molar-refractivity contribution is 4.71. The Hall–Kier alpha value is -0.240. The molecule has 0 aliphatic rings. The molecule has 0 spiro atoms. The summed E-state index contributed by atoms with van der Waals surface area (Å²) in [6.45, 7) is 4.93. The van der Waals surface area contributed by atoms with Crippen molar-refractivity contribution in [3.8, 4) is 0 Å². The average Bonchev–Trinajstić information content (AvgIpc) is 2.22. The molecular weight excluding hydrogens is 212 g/mol. The molecule has 0 heterocycles. The van der Waals surface area contributed by atoms with E-state index in [4.69, 9.17) is 20.3 Å². The van der Waals surface area contributed by atoms with E-state index in [1.165, 1.54) is 0 Å². The fourth-order valence-corrected chi connectivity index (χ4v) is 1.08. The Morgan fingerprint density at radius 2 is 1.94 bits per heavy atom. The normalized spacial score (nSPS) is 17.1. The topological polar surface area (TPSA) is 97.0 Å². The van der Waals surface area contributed by atoms with Gasteiger partial charge < -0.3 is 19.7 Å². The monoisotopic (exact) mass is 236 g/mol. The van der Waals surface area contributed by atoms with Crippen molar-refractivity contribution < 1.29 is 19.7 Å². The molecule has 6 heteroatoms. The van der Waals surface area contributed by atoms with Gasteiger partial charge in [0.2, 0.25) is 0 Å². The maximum absolute atomic E-state index is 9.68. The average molecular weight is 236 g/mol. The fraction of sp³-hybridized carbons (Fsp3) is 1.00. The summed E-state index contributed by atoms with van der Waals surface area (Å²) >= 11 is 0. The maximum atomic E-state index is 9.68. The van der Waals surface area contributed by atoms with Gasteiger partial charge in [0.1, 0.15) is 6.61 Å². The van der Waals surface area contributed by atoms with E-state index in [1.54, 1.807) is 0 Å². The molecule has 5 N–H and O–H groups in total. The Kier molecular flexibility index (Phi) is 8.73. The van der Waals surface area contributed by atoms with E-state index in [-0.39, 0.29) is 19.3 Å². The smallest absolute Gasteiger partial charge is 0.193 e. The molecule has 6 nitrogen and oxygen atoms in total. The molecule has 0 rings (SSSR count). The molecular formula is C10H24N2O4. The highest BCUT2D eigenvalue weighted by atomic mass is 16.5. The first-order chi connectivity index (χ1) is 7.52. The van der Waals surface area contributed by atoms with Crippen LogP contribution >= 0.6 is 0 Å². The highest BCUT2D eigenvalue weighted by Gasteiger charge is 2.22. The number of rotatable bonds is 10. The van der Waals surface area contributed by atoms with E-state index in [0.29, 0.717) is 19.8 Å². The number of aliphatic hydroxyl groups is 2. The van der Waals surface area contributed by atoms with E-state index < -0.39 is 5.85 Å². The number of hydrogen-bond acceptors (Lipinski definition) is 6. The van der Waals surface area contributed by atoms with Crippen molar-refractivity contribution in [2.24, 2.45) is 5.73 Å². The molecule has 0 aliphatic carbocycles. The molecule has 2 atom stereocenters. The maximum Gasteiger partial charge on any atom is 0.193 e. The molecule has 0 aromatic carbocycles. The molecule has 0 aliphatic heterocycles. The Morgan fingerprint density at radius 3 is 2.50 bits per heavy atom. The molecule has 0 aromatic heterocycles. The first-order valence-electron chi connectivity index (χ1n) is 5.57. The number of hydrogen-bond donors (Lipinski definition) is 4. The minimum atomic E-state index is -1.51. The van der Waals surface area contributed by atoms with Crippen LogP contribution in [0.5, 0.6) is 0 Å². The van der Waals surface area contributed by atoms with Gasteiger partial charge in [-0.05, 0) is 13.3 Å². The second kappa shape index (κ2) is 8.86. The van der Waals surface area contributed by atoms with Gasteiger partial charge in [-0.15, -0.1) is 0 Å². The van der Waals surface area contributed by atoms with E-state index in [2.05, 4.69) is 5.32 Å². The second-order valence-corrected chi connectivity index (χ2v) is 3.77. The minimum Gasteiger partial charge on any atom is -0.394 e. The molecule has 98 valence electrons. The van der Waals surface area contributed by atoms with Gasteiger partial charge in [-0.2, -0.15) is 0 Å². The largest absolute Gasteiger partial charge is 0.394 e. The summed E-state index contributed by atoms with van der Waals surface area (Å²) in [6, 6.07) is 0.129. The number of nitrogens with one attached hydrogen (secondary N) is 1. The standard InChI is InChI=1S/C10H24N2O4/c1-3-9(2)12-10(11,14)8-16-7-6-15-5-4-13/h9,12-14H,3-8,11H2,1-2H3. The molecule has 0 bridgehead atoms. The van der Waals surface area contributed by atoms with Gasteiger partial charge in [0.15, 0.2) is 5.85 Å². The summed E-state index contributed by atoms with van der Waals surface area (Å²) in [7, 11) is 0. The van der Waals surface area contributed by atoms with Gasteiger partial charge in [-0.25, -0.2) is 0 Å². The van der Waals surface area contributed by atoms with E-state index >= 15 is 0 Å². The lowest BCUT2D eigenvalue weighted by atomic mass is 10.2. The van der Waals surface area contributed by atoms with Crippen molar-refractivity contribution in [3.05, 3.63) is 0 Å². The number of aliphatic hydroxyl groups excluding tert-OH is 1. The molecule has 0 amide bonds. The van der Waals surface area contributed by atoms with Crippen LogP contribution in [0.25, 0.3) is 0 Å². The Bertz CT molecular complexity index is 167. The van der Waals surface area contributed by atoms with Crippen molar-refractivity contribution in [1.29, 1.82) is 0 Å². The zero-order valence-electron chi connectivity index (χ0n) is 10.1. The van der Waals surface area contributed by atoms with Crippen LogP contribution in [0.1, 0.15) is 20.3 Å². The summed E-state index contributed by atoms with van der Waals surface area (Å²) in [5, 5.41) is 21.0. The van der Waals surface area contributed by atoms with Crippen LogP contribution in [0.4, 0.5) is 0 Å². The molecule has 0 saturated carbocycles. The second-order valence-electron chi connectivity index (χ2n) is 3.77. The summed E-state index contributed by atoms with van der Waals surface area (Å²) in [5.74, 6) is -1.51. The van der Waals surface area contributed by atoms with Gasteiger partial charge in [0.05, 0.1) is 26.4 Å². The van der Waals surface area contributed by atoms with E-state index in [0.717, 1.165) is 6.42 Å². The predicted octanol–water partition coefficient (Wildman–Crippen LogP) is -0.995. The van der Waals surface area contributed by atoms with Gasteiger partial charge >= 0.3 is 0 Å². The number of ether oxygens (including phenoxy) is 2. The third kappa shape index (κ3) is 9.02. The summed E-state index contributed by atoms with van der Waals surface area (Å²) in [4.78, 5) is 0. The van der Waals surface area contributed by atoms with Crippen LogP contribution in [0.2, 0.25) is 0 Å². The van der Waals surface area contributed by atoms with Gasteiger partial charge in [0.25, 0.3) is 0 Å². The van der Waals surface area contributed by atoms with Crippen molar-refractivity contribution in [2.45, 2.75) is 32.2 Å². The van der Waals surface area contributed by atoms with Gasteiger partial charge in [-0.3, -0.25) is 11.1 Å².